The van der Waals surface area contributed by atoms with E-state index in [4.69, 9.17) is 4.74 Å². The summed E-state index contributed by atoms with van der Waals surface area (Å²) in [5, 5.41) is 0. The quantitative estimate of drug-likeness (QED) is 0.760. The third-order valence-electron chi connectivity index (χ3n) is 4.23. The van der Waals surface area contributed by atoms with Crippen LogP contribution in [0.3, 0.4) is 0 Å². The van der Waals surface area contributed by atoms with Gasteiger partial charge in [-0.05, 0) is 49.8 Å². The number of hydrogen-bond donors (Lipinski definition) is 0. The zero-order valence-corrected chi connectivity index (χ0v) is 11.6. The summed E-state index contributed by atoms with van der Waals surface area (Å²) >= 11 is 0. The molecule has 1 saturated carbocycles. The van der Waals surface area contributed by atoms with Crippen LogP contribution in [0.5, 0.6) is 5.75 Å². The molecule has 0 heterocycles. The van der Waals surface area contributed by atoms with E-state index in [0.29, 0.717) is 5.56 Å². The van der Waals surface area contributed by atoms with E-state index in [0.717, 1.165) is 31.6 Å². The molecule has 0 aromatic heterocycles. The van der Waals surface area contributed by atoms with Crippen molar-refractivity contribution in [1.29, 1.82) is 0 Å². The standard InChI is InChI=1S/C16H21FO2/c1-3-11-4-6-12(7-5-11)16(18)13-8-9-15(19-2)14(17)10-13/h8-12H,3-7H2,1-2H3. The number of benzene rings is 1. The minimum atomic E-state index is -0.462. The molecule has 1 aliphatic carbocycles. The van der Waals surface area contributed by atoms with Crippen LogP contribution in [0.4, 0.5) is 4.39 Å². The highest BCUT2D eigenvalue weighted by molar-refractivity contribution is 5.98. The van der Waals surface area contributed by atoms with Gasteiger partial charge in [-0.2, -0.15) is 0 Å². The van der Waals surface area contributed by atoms with E-state index in [9.17, 15) is 9.18 Å². The second-order valence-corrected chi connectivity index (χ2v) is 5.34. The van der Waals surface area contributed by atoms with Crippen LogP contribution in [-0.4, -0.2) is 12.9 Å². The zero-order valence-electron chi connectivity index (χ0n) is 11.6. The van der Waals surface area contributed by atoms with Gasteiger partial charge >= 0.3 is 0 Å². The summed E-state index contributed by atoms with van der Waals surface area (Å²) in [6, 6.07) is 4.49. The second kappa shape index (κ2) is 6.18. The molecule has 0 aliphatic heterocycles. The summed E-state index contributed by atoms with van der Waals surface area (Å²) < 4.78 is 18.5. The smallest absolute Gasteiger partial charge is 0.166 e. The van der Waals surface area contributed by atoms with Crippen molar-refractivity contribution >= 4 is 5.78 Å². The predicted octanol–water partition coefficient (Wildman–Crippen LogP) is 4.23. The third kappa shape index (κ3) is 3.14. The molecule has 0 amide bonds. The highest BCUT2D eigenvalue weighted by Crippen LogP contribution is 2.33. The maximum atomic E-state index is 13.6. The van der Waals surface area contributed by atoms with Gasteiger partial charge in [0.05, 0.1) is 7.11 Å². The molecule has 0 atom stereocenters. The molecule has 0 saturated heterocycles. The molecule has 0 bridgehead atoms. The Labute approximate surface area is 114 Å². The minimum Gasteiger partial charge on any atom is -0.494 e. The fourth-order valence-corrected chi connectivity index (χ4v) is 2.89. The summed E-state index contributed by atoms with van der Waals surface area (Å²) in [6.07, 6.45) is 5.30. The Balaban J connectivity index is 2.06. The van der Waals surface area contributed by atoms with Crippen LogP contribution in [-0.2, 0) is 0 Å². The molecule has 1 aromatic carbocycles. The lowest BCUT2D eigenvalue weighted by atomic mass is 9.78. The van der Waals surface area contributed by atoms with E-state index in [2.05, 4.69) is 6.92 Å². The van der Waals surface area contributed by atoms with Gasteiger partial charge in [-0.1, -0.05) is 13.3 Å². The van der Waals surface area contributed by atoms with E-state index in [1.54, 1.807) is 6.07 Å². The van der Waals surface area contributed by atoms with Gasteiger partial charge in [0.1, 0.15) is 0 Å². The first kappa shape index (κ1) is 14.0. The normalized spacial score (nSPS) is 23.1. The van der Waals surface area contributed by atoms with Crippen molar-refractivity contribution in [3.63, 3.8) is 0 Å². The van der Waals surface area contributed by atoms with Gasteiger partial charge in [-0.25, -0.2) is 4.39 Å². The Morgan fingerprint density at radius 2 is 2.00 bits per heavy atom. The average molecular weight is 264 g/mol. The first-order chi connectivity index (χ1) is 9.15. The lowest BCUT2D eigenvalue weighted by molar-refractivity contribution is 0.0870. The van der Waals surface area contributed by atoms with E-state index < -0.39 is 5.82 Å². The Morgan fingerprint density at radius 1 is 1.32 bits per heavy atom. The van der Waals surface area contributed by atoms with Crippen LogP contribution in [0.25, 0.3) is 0 Å². The molecule has 0 radical (unpaired) electrons. The molecular formula is C16H21FO2. The monoisotopic (exact) mass is 264 g/mol. The molecular weight excluding hydrogens is 243 g/mol. The molecule has 0 unspecified atom stereocenters. The summed E-state index contributed by atoms with van der Waals surface area (Å²) in [5.74, 6) is 0.630. The van der Waals surface area contributed by atoms with Gasteiger partial charge in [-0.15, -0.1) is 0 Å². The SMILES string of the molecule is CCC1CCC(C(=O)c2ccc(OC)c(F)c2)CC1. The number of halogens is 1. The van der Waals surface area contributed by atoms with E-state index >= 15 is 0 Å². The van der Waals surface area contributed by atoms with Crippen molar-refractivity contribution in [2.24, 2.45) is 11.8 Å². The lowest BCUT2D eigenvalue weighted by Crippen LogP contribution is -2.21. The van der Waals surface area contributed by atoms with Crippen LogP contribution < -0.4 is 4.74 Å². The van der Waals surface area contributed by atoms with Crippen molar-refractivity contribution in [1.82, 2.24) is 0 Å². The molecule has 2 rings (SSSR count). The van der Waals surface area contributed by atoms with Crippen molar-refractivity contribution in [2.75, 3.05) is 7.11 Å². The number of ether oxygens (including phenoxy) is 1. The molecule has 1 aliphatic rings. The maximum Gasteiger partial charge on any atom is 0.166 e. The Hall–Kier alpha value is -1.38. The second-order valence-electron chi connectivity index (χ2n) is 5.34. The van der Waals surface area contributed by atoms with E-state index in [1.807, 2.05) is 0 Å². The highest BCUT2D eigenvalue weighted by Gasteiger charge is 2.26. The Morgan fingerprint density at radius 3 is 2.53 bits per heavy atom. The number of methoxy groups -OCH3 is 1. The van der Waals surface area contributed by atoms with Crippen LogP contribution in [0.2, 0.25) is 0 Å². The predicted molar refractivity (Wildman–Crippen MR) is 73.0 cm³/mol. The van der Waals surface area contributed by atoms with Crippen LogP contribution >= 0.6 is 0 Å². The molecule has 0 N–H and O–H groups in total. The molecule has 2 nitrogen and oxygen atoms in total. The van der Waals surface area contributed by atoms with Crippen LogP contribution in [0.1, 0.15) is 49.4 Å². The maximum absolute atomic E-state index is 13.6. The van der Waals surface area contributed by atoms with Gasteiger partial charge < -0.3 is 4.74 Å². The van der Waals surface area contributed by atoms with Gasteiger partial charge in [-0.3, -0.25) is 4.79 Å². The summed E-state index contributed by atoms with van der Waals surface area (Å²) in [7, 11) is 1.42. The van der Waals surface area contributed by atoms with Crippen molar-refractivity contribution in [3.8, 4) is 5.75 Å². The first-order valence-corrected chi connectivity index (χ1v) is 7.03. The van der Waals surface area contributed by atoms with Crippen LogP contribution in [0, 0.1) is 17.7 Å². The highest BCUT2D eigenvalue weighted by atomic mass is 19.1. The molecule has 104 valence electrons. The number of carbonyl (C=O) groups excluding carboxylic acids is 1. The summed E-state index contributed by atoms with van der Waals surface area (Å²) in [4.78, 5) is 12.3. The van der Waals surface area contributed by atoms with Gasteiger partial charge in [0, 0.05) is 11.5 Å². The number of rotatable bonds is 4. The van der Waals surface area contributed by atoms with Crippen molar-refractivity contribution in [3.05, 3.63) is 29.6 Å². The lowest BCUT2D eigenvalue weighted by Gasteiger charge is -2.26. The average Bonchev–Trinajstić information content (AvgIpc) is 2.46. The third-order valence-corrected chi connectivity index (χ3v) is 4.23. The number of ketones is 1. The van der Waals surface area contributed by atoms with Gasteiger partial charge in [0.15, 0.2) is 17.3 Å². The van der Waals surface area contributed by atoms with Crippen LogP contribution in [0.15, 0.2) is 18.2 Å². The van der Waals surface area contributed by atoms with Gasteiger partial charge in [0.25, 0.3) is 0 Å². The molecule has 1 aromatic rings. The molecule has 1 fully saturated rings. The molecule has 19 heavy (non-hydrogen) atoms. The largest absolute Gasteiger partial charge is 0.494 e. The number of carbonyl (C=O) groups is 1. The van der Waals surface area contributed by atoms with Crippen molar-refractivity contribution in [2.45, 2.75) is 39.0 Å². The fourth-order valence-electron chi connectivity index (χ4n) is 2.89. The Bertz CT molecular complexity index is 448. The van der Waals surface area contributed by atoms with Crippen molar-refractivity contribution < 1.29 is 13.9 Å². The number of Topliss-reactive ketones (excluding diaryl/α,β-unsaturated/α-hetero) is 1. The topological polar surface area (TPSA) is 26.3 Å². The zero-order chi connectivity index (χ0) is 13.8. The van der Waals surface area contributed by atoms with E-state index in [1.165, 1.54) is 25.7 Å². The first-order valence-electron chi connectivity index (χ1n) is 7.03. The number of hydrogen-bond acceptors (Lipinski definition) is 2. The Kier molecular flexibility index (Phi) is 4.56. The van der Waals surface area contributed by atoms with E-state index in [-0.39, 0.29) is 17.5 Å². The molecule has 0 spiro atoms. The summed E-state index contributed by atoms with van der Waals surface area (Å²) in [5.41, 5.74) is 0.471. The fraction of sp³-hybridized carbons (Fsp3) is 0.562. The van der Waals surface area contributed by atoms with Gasteiger partial charge in [0.2, 0.25) is 0 Å². The summed E-state index contributed by atoms with van der Waals surface area (Å²) in [6.45, 7) is 2.20. The molecule has 3 heteroatoms. The minimum absolute atomic E-state index is 0.0654.